The minimum atomic E-state index is -3.87. The first kappa shape index (κ1) is 29.0. The maximum atomic E-state index is 13.3. The van der Waals surface area contributed by atoms with E-state index in [2.05, 4.69) is 4.90 Å². The molecule has 2 heterocycles. The van der Waals surface area contributed by atoms with Crippen LogP contribution >= 0.6 is 0 Å². The van der Waals surface area contributed by atoms with Gasteiger partial charge in [0.05, 0.1) is 25.2 Å². The number of aliphatic hydroxyl groups excluding tert-OH is 1. The Hall–Kier alpha value is -2.96. The molecule has 212 valence electrons. The lowest BCUT2D eigenvalue weighted by Gasteiger charge is -2.35. The molecule has 0 radical (unpaired) electrons. The third-order valence-electron chi connectivity index (χ3n) is 6.98. The van der Waals surface area contributed by atoms with E-state index in [0.717, 1.165) is 18.7 Å². The molecule has 1 N–H and O–H groups in total. The maximum Gasteiger partial charge on any atom is 0.288 e. The number of carbonyl (C=O) groups excluding carboxylic acids is 1. The Morgan fingerprint density at radius 1 is 1.05 bits per heavy atom. The second kappa shape index (κ2) is 13.4. The number of methoxy groups -OCH3 is 1. The Morgan fingerprint density at radius 2 is 1.74 bits per heavy atom. The molecular formula is C28H37N3O7S. The number of hydrogen-bond acceptors (Lipinski definition) is 8. The van der Waals surface area contributed by atoms with Gasteiger partial charge < -0.3 is 29.1 Å². The van der Waals surface area contributed by atoms with Crippen molar-refractivity contribution in [2.45, 2.75) is 23.5 Å². The summed E-state index contributed by atoms with van der Waals surface area (Å²) in [6, 6.07) is 15.9. The summed E-state index contributed by atoms with van der Waals surface area (Å²) in [4.78, 5) is 17.4. The predicted molar refractivity (Wildman–Crippen MR) is 146 cm³/mol. The number of carbonyl (C=O) groups is 1. The van der Waals surface area contributed by atoms with Crippen molar-refractivity contribution in [1.29, 1.82) is 0 Å². The van der Waals surface area contributed by atoms with Gasteiger partial charge in [-0.25, -0.2) is 8.42 Å². The van der Waals surface area contributed by atoms with Crippen molar-refractivity contribution in [2.24, 2.45) is 0 Å². The van der Waals surface area contributed by atoms with Crippen LogP contribution in [0.3, 0.4) is 0 Å². The van der Waals surface area contributed by atoms with Gasteiger partial charge in [0.1, 0.15) is 5.75 Å². The molecule has 1 fully saturated rings. The second-order valence-electron chi connectivity index (χ2n) is 9.60. The van der Waals surface area contributed by atoms with Crippen LogP contribution in [0.15, 0.2) is 71.3 Å². The molecule has 0 aliphatic carbocycles. The topological polar surface area (TPSA) is 109 Å². The molecule has 2 aromatic carbocycles. The smallest absolute Gasteiger partial charge is 0.288 e. The van der Waals surface area contributed by atoms with E-state index < -0.39 is 16.3 Å². The standard InChI is InChI=1S/C28H37N3O7S/c1-29-12-14-30(15-13-29)28(33)26-20-23(22-6-4-3-5-7-22)21-27(38-26)37-19-17-31(16-18-32)39(34,35)25-10-8-24(36-2)9-11-25/h3-11,20,23,27,32H,12-19,21H2,1-2H3/t23-,27+/m1/s1. The van der Waals surface area contributed by atoms with Gasteiger partial charge in [0.2, 0.25) is 16.3 Å². The molecule has 0 aromatic heterocycles. The largest absolute Gasteiger partial charge is 0.497 e. The molecule has 11 heteroatoms. The molecule has 2 aromatic rings. The Bertz CT molecular complexity index is 1210. The van der Waals surface area contributed by atoms with Crippen molar-refractivity contribution >= 4 is 15.9 Å². The van der Waals surface area contributed by atoms with Crippen molar-refractivity contribution in [3.63, 3.8) is 0 Å². The summed E-state index contributed by atoms with van der Waals surface area (Å²) in [6.45, 7) is 2.46. The lowest BCUT2D eigenvalue weighted by molar-refractivity contribution is -0.153. The number of piperazine rings is 1. The van der Waals surface area contributed by atoms with E-state index in [1.165, 1.54) is 23.5 Å². The second-order valence-corrected chi connectivity index (χ2v) is 11.5. The van der Waals surface area contributed by atoms with Crippen LogP contribution in [0.2, 0.25) is 0 Å². The van der Waals surface area contributed by atoms with Gasteiger partial charge in [-0.15, -0.1) is 0 Å². The van der Waals surface area contributed by atoms with Crippen molar-refractivity contribution in [2.75, 3.05) is 66.6 Å². The molecule has 1 amide bonds. The monoisotopic (exact) mass is 559 g/mol. The van der Waals surface area contributed by atoms with Gasteiger partial charge in [0, 0.05) is 51.6 Å². The molecule has 1 saturated heterocycles. The zero-order valence-corrected chi connectivity index (χ0v) is 23.3. The molecule has 2 aliphatic rings. The highest BCUT2D eigenvalue weighted by molar-refractivity contribution is 7.89. The fourth-order valence-electron chi connectivity index (χ4n) is 4.66. The molecule has 4 rings (SSSR count). The number of rotatable bonds is 11. The lowest BCUT2D eigenvalue weighted by atomic mass is 9.93. The summed E-state index contributed by atoms with van der Waals surface area (Å²) in [5, 5.41) is 9.53. The van der Waals surface area contributed by atoms with Crippen LogP contribution in [0.4, 0.5) is 0 Å². The average Bonchev–Trinajstić information content (AvgIpc) is 2.97. The van der Waals surface area contributed by atoms with E-state index in [4.69, 9.17) is 14.2 Å². The SMILES string of the molecule is COc1ccc(S(=O)(=O)N(CCO)CCO[C@@H]2C[C@H](c3ccccc3)C=C(C(=O)N3CCN(C)CC3)O2)cc1. The molecule has 0 spiro atoms. The maximum absolute atomic E-state index is 13.3. The summed E-state index contributed by atoms with van der Waals surface area (Å²) < 4.78 is 44.7. The number of hydrogen-bond donors (Lipinski definition) is 1. The normalized spacial score (nSPS) is 20.4. The summed E-state index contributed by atoms with van der Waals surface area (Å²) in [5.74, 6) is 0.542. The summed E-state index contributed by atoms with van der Waals surface area (Å²) in [7, 11) is -0.329. The van der Waals surface area contributed by atoms with Crippen LogP contribution in [0, 0.1) is 0 Å². The van der Waals surface area contributed by atoms with Crippen LogP contribution in [-0.2, 0) is 24.3 Å². The van der Waals surface area contributed by atoms with Crippen LogP contribution in [0.25, 0.3) is 0 Å². The molecular weight excluding hydrogens is 522 g/mol. The number of allylic oxidation sites excluding steroid dienone is 1. The predicted octanol–water partition coefficient (Wildman–Crippen LogP) is 1.88. The van der Waals surface area contributed by atoms with Crippen LogP contribution in [0.5, 0.6) is 5.75 Å². The molecule has 2 atom stereocenters. The van der Waals surface area contributed by atoms with Gasteiger partial charge in [-0.2, -0.15) is 4.31 Å². The van der Waals surface area contributed by atoms with Gasteiger partial charge >= 0.3 is 0 Å². The minimum Gasteiger partial charge on any atom is -0.497 e. The molecule has 0 saturated carbocycles. The third kappa shape index (κ3) is 7.37. The fourth-order valence-corrected chi connectivity index (χ4v) is 6.07. The summed E-state index contributed by atoms with van der Waals surface area (Å²) in [6.07, 6.45) is 1.61. The van der Waals surface area contributed by atoms with Crippen LogP contribution < -0.4 is 4.74 Å². The fraction of sp³-hybridized carbons (Fsp3) is 0.464. The Labute approximate surface area is 230 Å². The Balaban J connectivity index is 1.44. The van der Waals surface area contributed by atoms with Crippen molar-refractivity contribution in [3.05, 3.63) is 72.0 Å². The first-order valence-corrected chi connectivity index (χ1v) is 14.5. The number of ether oxygens (including phenoxy) is 3. The van der Waals surface area contributed by atoms with E-state index in [-0.39, 0.29) is 48.8 Å². The number of aliphatic hydroxyl groups is 1. The number of likely N-dealkylation sites (N-methyl/N-ethyl adjacent to an activating group) is 1. The zero-order valence-electron chi connectivity index (χ0n) is 22.4. The number of amides is 1. The molecule has 2 aliphatic heterocycles. The number of benzene rings is 2. The van der Waals surface area contributed by atoms with Crippen LogP contribution in [0.1, 0.15) is 17.9 Å². The average molecular weight is 560 g/mol. The van der Waals surface area contributed by atoms with E-state index in [1.54, 1.807) is 17.0 Å². The van der Waals surface area contributed by atoms with Crippen LogP contribution in [-0.4, -0.2) is 106 Å². The zero-order chi connectivity index (χ0) is 27.8. The quantitative estimate of drug-likeness (QED) is 0.445. The van der Waals surface area contributed by atoms with Gasteiger partial charge in [-0.1, -0.05) is 30.3 Å². The van der Waals surface area contributed by atoms with Gasteiger partial charge in [0.15, 0.2) is 5.76 Å². The van der Waals surface area contributed by atoms with E-state index >= 15 is 0 Å². The minimum absolute atomic E-state index is 0.0102. The van der Waals surface area contributed by atoms with Crippen molar-refractivity contribution in [3.8, 4) is 5.75 Å². The van der Waals surface area contributed by atoms with Crippen molar-refractivity contribution < 1.29 is 32.5 Å². The lowest BCUT2D eigenvalue weighted by Crippen LogP contribution is -2.48. The number of nitrogens with zero attached hydrogens (tertiary/aromatic N) is 3. The summed E-state index contributed by atoms with van der Waals surface area (Å²) in [5.41, 5.74) is 1.04. The summed E-state index contributed by atoms with van der Waals surface area (Å²) >= 11 is 0. The van der Waals surface area contributed by atoms with E-state index in [0.29, 0.717) is 25.3 Å². The molecule has 10 nitrogen and oxygen atoms in total. The van der Waals surface area contributed by atoms with E-state index in [9.17, 15) is 18.3 Å². The highest BCUT2D eigenvalue weighted by Crippen LogP contribution is 2.32. The van der Waals surface area contributed by atoms with Crippen molar-refractivity contribution in [1.82, 2.24) is 14.1 Å². The molecule has 39 heavy (non-hydrogen) atoms. The molecule has 0 bridgehead atoms. The first-order valence-electron chi connectivity index (χ1n) is 13.1. The Kier molecular flexibility index (Phi) is 9.98. The van der Waals surface area contributed by atoms with Gasteiger partial charge in [0.25, 0.3) is 5.91 Å². The highest BCUT2D eigenvalue weighted by atomic mass is 32.2. The van der Waals surface area contributed by atoms with Gasteiger partial charge in [-0.3, -0.25) is 4.79 Å². The number of sulfonamides is 1. The molecule has 0 unspecified atom stereocenters. The first-order chi connectivity index (χ1) is 18.8. The van der Waals surface area contributed by atoms with Gasteiger partial charge in [-0.05, 0) is 43.0 Å². The highest BCUT2D eigenvalue weighted by Gasteiger charge is 2.32. The van der Waals surface area contributed by atoms with E-state index in [1.807, 2.05) is 43.5 Å². The Morgan fingerprint density at radius 3 is 2.38 bits per heavy atom. The third-order valence-corrected chi connectivity index (χ3v) is 8.89.